The number of carbonyl (C=O) groups is 2. The molecule has 0 saturated carbocycles. The van der Waals surface area contributed by atoms with E-state index in [0.717, 1.165) is 5.56 Å². The maximum absolute atomic E-state index is 13.8. The highest BCUT2D eigenvalue weighted by Crippen LogP contribution is 2.33. The molecule has 0 aliphatic carbocycles. The molecule has 0 bridgehead atoms. The van der Waals surface area contributed by atoms with Crippen molar-refractivity contribution in [3.63, 3.8) is 0 Å². The molecule has 0 spiro atoms. The van der Waals surface area contributed by atoms with E-state index < -0.39 is 23.7 Å². The van der Waals surface area contributed by atoms with Crippen LogP contribution in [-0.2, 0) is 14.3 Å². The lowest BCUT2D eigenvalue weighted by molar-refractivity contribution is -0.208. The molecular formula is C16H22F3N3O3. The predicted molar refractivity (Wildman–Crippen MR) is 85.7 cm³/mol. The number of ether oxygens (including phenoxy) is 1. The molecule has 140 valence electrons. The summed E-state index contributed by atoms with van der Waals surface area (Å²) in [5, 5.41) is 3.77. The van der Waals surface area contributed by atoms with E-state index in [9.17, 15) is 22.8 Å². The lowest BCUT2D eigenvalue weighted by Crippen LogP contribution is -2.69. The summed E-state index contributed by atoms with van der Waals surface area (Å²) in [5.74, 6) is -2.77. The number of nitrogens with zero attached hydrogens (tertiary/aromatic N) is 1. The second-order valence-corrected chi connectivity index (χ2v) is 5.47. The third-order valence-electron chi connectivity index (χ3n) is 3.32. The van der Waals surface area contributed by atoms with Gasteiger partial charge in [0.15, 0.2) is 0 Å². The lowest BCUT2D eigenvalue weighted by Gasteiger charge is -2.35. The van der Waals surface area contributed by atoms with Gasteiger partial charge in [0.25, 0.3) is 0 Å². The van der Waals surface area contributed by atoms with Crippen molar-refractivity contribution in [2.45, 2.75) is 51.9 Å². The average Bonchev–Trinajstić information content (AvgIpc) is 2.53. The fourth-order valence-electron chi connectivity index (χ4n) is 1.97. The highest BCUT2D eigenvalue weighted by atomic mass is 19.4. The molecule has 6 nitrogen and oxygen atoms in total. The molecule has 0 saturated heterocycles. The number of pyridine rings is 1. The van der Waals surface area contributed by atoms with Gasteiger partial charge in [0.1, 0.15) is 5.82 Å². The largest absolute Gasteiger partial charge is 0.463 e. The molecule has 9 heteroatoms. The number of amides is 1. The van der Waals surface area contributed by atoms with Crippen LogP contribution >= 0.6 is 0 Å². The van der Waals surface area contributed by atoms with Crippen LogP contribution in [0.2, 0.25) is 0 Å². The first-order valence-electron chi connectivity index (χ1n) is 7.92. The minimum absolute atomic E-state index is 0.142. The minimum atomic E-state index is -5.15. The van der Waals surface area contributed by atoms with Gasteiger partial charge in [-0.25, -0.2) is 9.78 Å². The summed E-state index contributed by atoms with van der Waals surface area (Å²) in [5.41, 5.74) is -2.68. The van der Waals surface area contributed by atoms with Crippen LogP contribution in [0.1, 0.15) is 38.7 Å². The summed E-state index contributed by atoms with van der Waals surface area (Å²) in [6.07, 6.45) is -2.93. The van der Waals surface area contributed by atoms with Crippen molar-refractivity contribution in [1.82, 2.24) is 10.3 Å². The summed E-state index contributed by atoms with van der Waals surface area (Å²) in [4.78, 5) is 27.9. The third-order valence-corrected chi connectivity index (χ3v) is 3.32. The quantitative estimate of drug-likeness (QED) is 0.550. The van der Waals surface area contributed by atoms with E-state index in [4.69, 9.17) is 0 Å². The van der Waals surface area contributed by atoms with E-state index in [1.807, 2.05) is 5.32 Å². The summed E-state index contributed by atoms with van der Waals surface area (Å²) in [6.45, 7) is 4.61. The van der Waals surface area contributed by atoms with Crippen LogP contribution in [0, 0.1) is 6.92 Å². The molecule has 0 aliphatic heterocycles. The van der Waals surface area contributed by atoms with Crippen LogP contribution in [-0.4, -0.2) is 35.3 Å². The zero-order chi connectivity index (χ0) is 19.1. The summed E-state index contributed by atoms with van der Waals surface area (Å²) in [6, 6.07) is 2.81. The first-order chi connectivity index (χ1) is 11.7. The number of hydrogen-bond donors (Lipinski definition) is 2. The molecule has 1 amide bonds. The maximum Gasteiger partial charge on any atom is 0.441 e. The monoisotopic (exact) mass is 361 g/mol. The molecule has 1 rings (SSSR count). The fourth-order valence-corrected chi connectivity index (χ4v) is 1.97. The standard InChI is InChI=1S/C16H22F3N3O3/c1-4-6-7-13(23)22-15(16(17,18)19,14(24)25-5-2)21-12-9-8-11(3)10-20-12/h8-10H,4-7H2,1-3H3,(H,20,21)(H,22,23)/t15-/m1/s1. The molecule has 25 heavy (non-hydrogen) atoms. The Bertz CT molecular complexity index is 591. The van der Waals surface area contributed by atoms with Crippen LogP contribution in [0.25, 0.3) is 0 Å². The first kappa shape index (κ1) is 20.7. The molecule has 1 heterocycles. The molecule has 0 fully saturated rings. The van der Waals surface area contributed by atoms with Gasteiger partial charge in [-0.1, -0.05) is 19.4 Å². The van der Waals surface area contributed by atoms with Gasteiger partial charge < -0.3 is 15.4 Å². The smallest absolute Gasteiger partial charge is 0.441 e. The van der Waals surface area contributed by atoms with Gasteiger partial charge in [0, 0.05) is 12.6 Å². The van der Waals surface area contributed by atoms with Crippen molar-refractivity contribution in [3.05, 3.63) is 23.9 Å². The number of hydrogen-bond acceptors (Lipinski definition) is 5. The number of rotatable bonds is 8. The van der Waals surface area contributed by atoms with E-state index in [2.05, 4.69) is 9.72 Å². The Morgan fingerprint density at radius 1 is 1.24 bits per heavy atom. The van der Waals surface area contributed by atoms with E-state index in [1.165, 1.54) is 25.3 Å². The number of aryl methyl sites for hydroxylation is 1. The average molecular weight is 361 g/mol. The molecule has 0 unspecified atom stereocenters. The van der Waals surface area contributed by atoms with Gasteiger partial charge in [-0.2, -0.15) is 13.2 Å². The van der Waals surface area contributed by atoms with Gasteiger partial charge in [-0.05, 0) is 31.9 Å². The molecule has 1 atom stereocenters. The van der Waals surface area contributed by atoms with Crippen LogP contribution in [0.5, 0.6) is 0 Å². The van der Waals surface area contributed by atoms with Gasteiger partial charge in [-0.3, -0.25) is 4.79 Å². The topological polar surface area (TPSA) is 80.3 Å². The number of esters is 1. The first-order valence-corrected chi connectivity index (χ1v) is 7.92. The number of unbranched alkanes of at least 4 members (excludes halogenated alkanes) is 1. The molecule has 0 aromatic carbocycles. The van der Waals surface area contributed by atoms with Crippen molar-refractivity contribution in [1.29, 1.82) is 0 Å². The Balaban J connectivity index is 3.26. The van der Waals surface area contributed by atoms with E-state index in [0.29, 0.717) is 12.8 Å². The number of halogens is 3. The molecule has 2 N–H and O–H groups in total. The second kappa shape index (κ2) is 8.68. The number of carbonyl (C=O) groups excluding carboxylic acids is 2. The Hall–Kier alpha value is -2.32. The summed E-state index contributed by atoms with van der Waals surface area (Å²) < 4.78 is 45.9. The number of nitrogens with one attached hydrogen (secondary N) is 2. The summed E-state index contributed by atoms with van der Waals surface area (Å²) >= 11 is 0. The fraction of sp³-hybridized carbons (Fsp3) is 0.562. The predicted octanol–water partition coefficient (Wildman–Crippen LogP) is 2.93. The minimum Gasteiger partial charge on any atom is -0.463 e. The number of aromatic nitrogens is 1. The number of anilines is 1. The van der Waals surface area contributed by atoms with Crippen LogP contribution < -0.4 is 10.6 Å². The van der Waals surface area contributed by atoms with E-state index in [1.54, 1.807) is 19.2 Å². The van der Waals surface area contributed by atoms with Crippen molar-refractivity contribution >= 4 is 17.7 Å². The normalized spacial score (nSPS) is 13.7. The van der Waals surface area contributed by atoms with Crippen LogP contribution in [0.4, 0.5) is 19.0 Å². The summed E-state index contributed by atoms with van der Waals surface area (Å²) in [7, 11) is 0. The van der Waals surface area contributed by atoms with E-state index >= 15 is 0 Å². The van der Waals surface area contributed by atoms with Gasteiger partial charge in [-0.15, -0.1) is 0 Å². The Morgan fingerprint density at radius 3 is 2.40 bits per heavy atom. The Morgan fingerprint density at radius 2 is 1.92 bits per heavy atom. The molecule has 1 aromatic heterocycles. The van der Waals surface area contributed by atoms with E-state index in [-0.39, 0.29) is 18.8 Å². The SMILES string of the molecule is CCCCC(=O)N[C@](Nc1ccc(C)cn1)(C(=O)OCC)C(F)(F)F. The highest BCUT2D eigenvalue weighted by Gasteiger charge is 2.63. The Kier molecular flexibility index (Phi) is 7.20. The van der Waals surface area contributed by atoms with Gasteiger partial charge >= 0.3 is 17.8 Å². The highest BCUT2D eigenvalue weighted by molar-refractivity contribution is 5.91. The van der Waals surface area contributed by atoms with Crippen molar-refractivity contribution in [3.8, 4) is 0 Å². The van der Waals surface area contributed by atoms with Crippen molar-refractivity contribution in [2.24, 2.45) is 0 Å². The van der Waals surface area contributed by atoms with Gasteiger partial charge in [0.2, 0.25) is 5.91 Å². The zero-order valence-electron chi connectivity index (χ0n) is 14.4. The molecular weight excluding hydrogens is 339 g/mol. The zero-order valence-corrected chi connectivity index (χ0v) is 14.4. The molecule has 1 aromatic rings. The van der Waals surface area contributed by atoms with Crippen LogP contribution in [0.15, 0.2) is 18.3 Å². The third kappa shape index (κ3) is 5.33. The Labute approximate surface area is 144 Å². The molecule has 0 radical (unpaired) electrons. The van der Waals surface area contributed by atoms with Crippen molar-refractivity contribution in [2.75, 3.05) is 11.9 Å². The molecule has 0 aliphatic rings. The maximum atomic E-state index is 13.8. The van der Waals surface area contributed by atoms with Gasteiger partial charge in [0.05, 0.1) is 6.61 Å². The van der Waals surface area contributed by atoms with Crippen LogP contribution in [0.3, 0.4) is 0 Å². The second-order valence-electron chi connectivity index (χ2n) is 5.47. The lowest BCUT2D eigenvalue weighted by atomic mass is 10.1. The number of alkyl halides is 3. The van der Waals surface area contributed by atoms with Crippen molar-refractivity contribution < 1.29 is 27.5 Å².